The summed E-state index contributed by atoms with van der Waals surface area (Å²) in [7, 11) is 0. The Balaban J connectivity index is 1.96. The maximum absolute atomic E-state index is 14.1. The van der Waals surface area contributed by atoms with Gasteiger partial charge in [-0.15, -0.1) is 0 Å². The summed E-state index contributed by atoms with van der Waals surface area (Å²) in [4.78, 5) is 27.4. The Kier molecular flexibility index (Phi) is 5.69. The van der Waals surface area contributed by atoms with Crippen molar-refractivity contribution in [3.63, 3.8) is 0 Å². The van der Waals surface area contributed by atoms with Gasteiger partial charge in [0.1, 0.15) is 11.6 Å². The molecule has 1 aliphatic rings. The van der Waals surface area contributed by atoms with Crippen molar-refractivity contribution in [3.05, 3.63) is 104 Å². The molecule has 0 radical (unpaired) electrons. The number of aryl methyl sites for hydroxylation is 1. The predicted molar refractivity (Wildman–Crippen MR) is 122 cm³/mol. The lowest BCUT2D eigenvalue weighted by Crippen LogP contribution is -2.29. The first-order valence-corrected chi connectivity index (χ1v) is 10.5. The minimum Gasteiger partial charge on any atom is -0.507 e. The average molecular weight is 501 g/mol. The Morgan fingerprint density at radius 2 is 1.77 bits per heavy atom. The third kappa shape index (κ3) is 3.89. The zero-order chi connectivity index (χ0) is 22.3. The van der Waals surface area contributed by atoms with Crippen molar-refractivity contribution in [2.75, 3.05) is 4.90 Å². The highest BCUT2D eigenvalue weighted by molar-refractivity contribution is 9.10. The summed E-state index contributed by atoms with van der Waals surface area (Å²) < 4.78 is 14.8. The SMILES string of the molecule is Cc1ccc(N2C(=O)C(=O)C(=C(O)c3ccc(Cl)cc3)C2c2cccc(F)c2)cc1Br. The summed E-state index contributed by atoms with van der Waals surface area (Å²) in [5, 5.41) is 11.5. The van der Waals surface area contributed by atoms with Crippen LogP contribution in [0, 0.1) is 12.7 Å². The number of carbonyl (C=O) groups excluding carboxylic acids is 2. The first-order valence-electron chi connectivity index (χ1n) is 9.36. The van der Waals surface area contributed by atoms with Gasteiger partial charge in [-0.2, -0.15) is 0 Å². The highest BCUT2D eigenvalue weighted by Crippen LogP contribution is 2.43. The fourth-order valence-electron chi connectivity index (χ4n) is 3.59. The molecule has 3 aromatic carbocycles. The van der Waals surface area contributed by atoms with Gasteiger partial charge in [-0.3, -0.25) is 14.5 Å². The van der Waals surface area contributed by atoms with Crippen molar-refractivity contribution < 1.29 is 19.1 Å². The molecule has 7 heteroatoms. The van der Waals surface area contributed by atoms with Crippen molar-refractivity contribution in [2.24, 2.45) is 0 Å². The standard InChI is InChI=1S/C24H16BrClFNO3/c1-13-5-10-18(12-19(13)25)28-21(15-3-2-4-17(27)11-15)20(23(30)24(28)31)22(29)14-6-8-16(26)9-7-14/h2-12,21,29H,1H3. The van der Waals surface area contributed by atoms with E-state index >= 15 is 0 Å². The molecule has 4 rings (SSSR count). The lowest BCUT2D eigenvalue weighted by molar-refractivity contribution is -0.132. The maximum Gasteiger partial charge on any atom is 0.300 e. The summed E-state index contributed by atoms with van der Waals surface area (Å²) in [6.07, 6.45) is 0. The van der Waals surface area contributed by atoms with Crippen LogP contribution in [0.5, 0.6) is 0 Å². The van der Waals surface area contributed by atoms with Crippen LogP contribution in [-0.2, 0) is 9.59 Å². The highest BCUT2D eigenvalue weighted by Gasteiger charge is 2.47. The minimum atomic E-state index is -0.999. The number of amides is 1. The fraction of sp³-hybridized carbons (Fsp3) is 0.0833. The molecule has 1 fully saturated rings. The quantitative estimate of drug-likeness (QED) is 0.266. The average Bonchev–Trinajstić information content (AvgIpc) is 3.01. The Morgan fingerprint density at radius 1 is 1.06 bits per heavy atom. The summed E-state index contributed by atoms with van der Waals surface area (Å²) >= 11 is 9.37. The van der Waals surface area contributed by atoms with E-state index in [0.717, 1.165) is 10.0 Å². The van der Waals surface area contributed by atoms with Gasteiger partial charge in [-0.1, -0.05) is 45.7 Å². The zero-order valence-corrected chi connectivity index (χ0v) is 18.6. The molecule has 0 aliphatic carbocycles. The molecule has 0 saturated carbocycles. The van der Waals surface area contributed by atoms with Gasteiger partial charge < -0.3 is 5.11 Å². The molecule has 156 valence electrons. The second-order valence-corrected chi connectivity index (χ2v) is 8.46. The van der Waals surface area contributed by atoms with Crippen LogP contribution in [0.25, 0.3) is 5.76 Å². The highest BCUT2D eigenvalue weighted by atomic mass is 79.9. The van der Waals surface area contributed by atoms with E-state index in [4.69, 9.17) is 11.6 Å². The predicted octanol–water partition coefficient (Wildman–Crippen LogP) is 6.18. The Morgan fingerprint density at radius 3 is 2.42 bits per heavy atom. The number of Topliss-reactive ketones (excluding diaryl/α,β-unsaturated/α-hetero) is 1. The van der Waals surface area contributed by atoms with Gasteiger partial charge in [0.05, 0.1) is 11.6 Å². The molecule has 1 unspecified atom stereocenters. The molecule has 1 N–H and O–H groups in total. The van der Waals surface area contributed by atoms with Crippen LogP contribution in [0.4, 0.5) is 10.1 Å². The van der Waals surface area contributed by atoms with Crippen LogP contribution in [-0.4, -0.2) is 16.8 Å². The number of aliphatic hydroxyl groups is 1. The van der Waals surface area contributed by atoms with Crippen LogP contribution >= 0.6 is 27.5 Å². The first-order chi connectivity index (χ1) is 14.8. The lowest BCUT2D eigenvalue weighted by atomic mass is 9.95. The zero-order valence-electron chi connectivity index (χ0n) is 16.3. The van der Waals surface area contributed by atoms with Gasteiger partial charge in [-0.05, 0) is 66.6 Å². The second-order valence-electron chi connectivity index (χ2n) is 7.16. The van der Waals surface area contributed by atoms with Crippen LogP contribution in [0.3, 0.4) is 0 Å². The third-order valence-corrected chi connectivity index (χ3v) is 6.27. The molecule has 1 amide bonds. The lowest BCUT2D eigenvalue weighted by Gasteiger charge is -2.26. The van der Waals surface area contributed by atoms with E-state index in [1.165, 1.54) is 23.1 Å². The summed E-state index contributed by atoms with van der Waals surface area (Å²) in [5.41, 5.74) is 1.97. The van der Waals surface area contributed by atoms with Crippen molar-refractivity contribution in [1.29, 1.82) is 0 Å². The van der Waals surface area contributed by atoms with Crippen LogP contribution in [0.15, 0.2) is 76.8 Å². The molecule has 4 nitrogen and oxygen atoms in total. The van der Waals surface area contributed by atoms with Crippen molar-refractivity contribution in [2.45, 2.75) is 13.0 Å². The molecule has 1 atom stereocenters. The van der Waals surface area contributed by atoms with Crippen LogP contribution < -0.4 is 4.90 Å². The van der Waals surface area contributed by atoms with Gasteiger partial charge in [0.15, 0.2) is 0 Å². The van der Waals surface area contributed by atoms with Crippen molar-refractivity contribution >= 4 is 50.7 Å². The molecular formula is C24H16BrClFNO3. The van der Waals surface area contributed by atoms with Gasteiger partial charge in [0, 0.05) is 20.7 Å². The number of hydrogen-bond acceptors (Lipinski definition) is 3. The van der Waals surface area contributed by atoms with E-state index in [2.05, 4.69) is 15.9 Å². The van der Waals surface area contributed by atoms with Crippen molar-refractivity contribution in [1.82, 2.24) is 0 Å². The molecule has 0 aromatic heterocycles. The molecule has 1 heterocycles. The number of hydrogen-bond donors (Lipinski definition) is 1. The number of halogens is 3. The monoisotopic (exact) mass is 499 g/mol. The molecule has 31 heavy (non-hydrogen) atoms. The Labute approximate surface area is 191 Å². The summed E-state index contributed by atoms with van der Waals surface area (Å²) in [6.45, 7) is 1.90. The largest absolute Gasteiger partial charge is 0.507 e. The van der Waals surface area contributed by atoms with E-state index < -0.39 is 23.5 Å². The Hall–Kier alpha value is -2.96. The van der Waals surface area contributed by atoms with E-state index in [9.17, 15) is 19.1 Å². The molecule has 1 saturated heterocycles. The van der Waals surface area contributed by atoms with Gasteiger partial charge in [0.25, 0.3) is 11.7 Å². The Bertz CT molecular complexity index is 1240. The third-order valence-electron chi connectivity index (χ3n) is 5.16. The van der Waals surface area contributed by atoms with Crippen LogP contribution in [0.2, 0.25) is 5.02 Å². The van der Waals surface area contributed by atoms with Gasteiger partial charge >= 0.3 is 0 Å². The van der Waals surface area contributed by atoms with E-state index in [1.54, 1.807) is 48.5 Å². The minimum absolute atomic E-state index is 0.116. The molecular weight excluding hydrogens is 485 g/mol. The maximum atomic E-state index is 14.1. The summed E-state index contributed by atoms with van der Waals surface area (Å²) in [6, 6.07) is 16.1. The molecule has 1 aliphatic heterocycles. The number of rotatable bonds is 3. The van der Waals surface area contributed by atoms with E-state index in [-0.39, 0.29) is 11.3 Å². The van der Waals surface area contributed by atoms with Gasteiger partial charge in [0.2, 0.25) is 0 Å². The number of anilines is 1. The number of carbonyl (C=O) groups is 2. The number of aliphatic hydroxyl groups excluding tert-OH is 1. The smallest absolute Gasteiger partial charge is 0.300 e. The topological polar surface area (TPSA) is 57.6 Å². The number of ketones is 1. The number of nitrogens with zero attached hydrogens (tertiary/aromatic N) is 1. The molecule has 0 bridgehead atoms. The first kappa shape index (κ1) is 21.3. The van der Waals surface area contributed by atoms with Crippen molar-refractivity contribution in [3.8, 4) is 0 Å². The van der Waals surface area contributed by atoms with Crippen LogP contribution in [0.1, 0.15) is 22.7 Å². The van der Waals surface area contributed by atoms with E-state index in [0.29, 0.717) is 21.8 Å². The molecule has 0 spiro atoms. The van der Waals surface area contributed by atoms with E-state index in [1.807, 2.05) is 6.92 Å². The summed E-state index contributed by atoms with van der Waals surface area (Å²) in [5.74, 6) is -2.52. The van der Waals surface area contributed by atoms with Gasteiger partial charge in [-0.25, -0.2) is 4.39 Å². The fourth-order valence-corrected chi connectivity index (χ4v) is 4.08. The normalized spacial score (nSPS) is 17.9. The number of benzene rings is 3. The molecule has 3 aromatic rings. The second kappa shape index (κ2) is 8.29.